The van der Waals surface area contributed by atoms with E-state index in [1.165, 1.54) is 0 Å². The van der Waals surface area contributed by atoms with Crippen LogP contribution in [-0.4, -0.2) is 11.9 Å². The summed E-state index contributed by atoms with van der Waals surface area (Å²) in [6, 6.07) is 18.0. The van der Waals surface area contributed by atoms with Crippen molar-refractivity contribution in [3.63, 3.8) is 0 Å². The summed E-state index contributed by atoms with van der Waals surface area (Å²) in [5.74, 6) is -3.49. The van der Waals surface area contributed by atoms with Crippen molar-refractivity contribution in [2.75, 3.05) is 0 Å². The molecule has 0 radical (unpaired) electrons. The van der Waals surface area contributed by atoms with Crippen molar-refractivity contribution < 1.29 is 19.4 Å². The van der Waals surface area contributed by atoms with Gasteiger partial charge >= 0.3 is 5.97 Å². The maximum atomic E-state index is 11.9. The smallest absolute Gasteiger partial charge is 0.315 e. The molecule has 0 aliphatic rings. The molecule has 108 valence electrons. The van der Waals surface area contributed by atoms with Crippen LogP contribution in [0.5, 0.6) is 0 Å². The van der Waals surface area contributed by atoms with Crippen molar-refractivity contribution >= 4 is 11.9 Å². The highest BCUT2D eigenvalue weighted by Crippen LogP contribution is 2.11. The average molecular weight is 283 g/mol. The summed E-state index contributed by atoms with van der Waals surface area (Å²) in [5, 5.41) is 11.1. The Morgan fingerprint density at radius 2 is 1.43 bits per heavy atom. The van der Waals surface area contributed by atoms with E-state index >= 15 is 0 Å². The molecule has 0 fully saturated rings. The number of rotatable bonds is 6. The number of hydrogen-bond acceptors (Lipinski definition) is 4. The van der Waals surface area contributed by atoms with E-state index in [0.29, 0.717) is 0 Å². The van der Waals surface area contributed by atoms with Gasteiger partial charge < -0.3 is 14.6 Å². The topological polar surface area (TPSA) is 66.4 Å². The fourth-order valence-corrected chi connectivity index (χ4v) is 1.94. The number of aliphatic carboxylic acids is 1. The predicted octanol–water partition coefficient (Wildman–Crippen LogP) is 1.34. The number of esters is 1. The third-order valence-electron chi connectivity index (χ3n) is 3.08. The van der Waals surface area contributed by atoms with Crippen LogP contribution in [0.1, 0.15) is 11.1 Å². The Morgan fingerprint density at radius 1 is 0.905 bits per heavy atom. The summed E-state index contributed by atoms with van der Waals surface area (Å²) in [6.45, 7) is 0.0538. The van der Waals surface area contributed by atoms with Gasteiger partial charge in [0.05, 0.1) is 5.97 Å². The first-order chi connectivity index (χ1) is 10.2. The SMILES string of the molecule is O=C([O-])C(Cc1ccccc1)C(=O)OCc1ccccc1. The monoisotopic (exact) mass is 283 g/mol. The minimum atomic E-state index is -1.42. The fourth-order valence-electron chi connectivity index (χ4n) is 1.94. The second-order valence-electron chi connectivity index (χ2n) is 4.65. The summed E-state index contributed by atoms with van der Waals surface area (Å²) in [7, 11) is 0. The van der Waals surface area contributed by atoms with Gasteiger partial charge in [0.2, 0.25) is 0 Å². The fraction of sp³-hybridized carbons (Fsp3) is 0.176. The molecule has 0 spiro atoms. The van der Waals surface area contributed by atoms with Gasteiger partial charge in [0.25, 0.3) is 0 Å². The third-order valence-corrected chi connectivity index (χ3v) is 3.08. The number of carboxylic acid groups (broad SMARTS) is 1. The number of carbonyl (C=O) groups is 2. The van der Waals surface area contributed by atoms with Crippen LogP contribution in [0, 0.1) is 5.92 Å². The van der Waals surface area contributed by atoms with Crippen molar-refractivity contribution in [3.05, 3.63) is 71.8 Å². The molecule has 0 saturated carbocycles. The molecule has 0 aromatic heterocycles. The number of benzene rings is 2. The van der Waals surface area contributed by atoms with Gasteiger partial charge in [0, 0.05) is 0 Å². The number of carboxylic acids is 1. The molecule has 0 aliphatic heterocycles. The molecule has 1 unspecified atom stereocenters. The van der Waals surface area contributed by atoms with E-state index in [2.05, 4.69) is 0 Å². The molecular formula is C17H15O4-. The Hall–Kier alpha value is -2.62. The summed E-state index contributed by atoms with van der Waals surface area (Å²) in [5.41, 5.74) is 1.56. The van der Waals surface area contributed by atoms with Crippen LogP contribution in [0.25, 0.3) is 0 Å². The maximum Gasteiger partial charge on any atom is 0.315 e. The first kappa shape index (κ1) is 14.8. The average Bonchev–Trinajstić information content (AvgIpc) is 2.52. The molecular weight excluding hydrogens is 268 g/mol. The number of ether oxygens (including phenoxy) is 1. The third kappa shape index (κ3) is 4.45. The molecule has 2 rings (SSSR count). The van der Waals surface area contributed by atoms with Crippen molar-refractivity contribution in [2.45, 2.75) is 13.0 Å². The van der Waals surface area contributed by atoms with Crippen molar-refractivity contribution in [2.24, 2.45) is 5.92 Å². The van der Waals surface area contributed by atoms with Gasteiger partial charge in [-0.05, 0) is 17.5 Å². The second-order valence-corrected chi connectivity index (χ2v) is 4.65. The predicted molar refractivity (Wildman–Crippen MR) is 74.9 cm³/mol. The van der Waals surface area contributed by atoms with E-state index in [-0.39, 0.29) is 13.0 Å². The minimum Gasteiger partial charge on any atom is -0.549 e. The lowest BCUT2D eigenvalue weighted by Gasteiger charge is -2.17. The van der Waals surface area contributed by atoms with Crippen LogP contribution < -0.4 is 5.11 Å². The van der Waals surface area contributed by atoms with E-state index in [0.717, 1.165) is 11.1 Å². The van der Waals surface area contributed by atoms with Gasteiger partial charge in [0.15, 0.2) is 0 Å². The molecule has 0 amide bonds. The normalized spacial score (nSPS) is 11.6. The number of carbonyl (C=O) groups excluding carboxylic acids is 2. The van der Waals surface area contributed by atoms with Crippen molar-refractivity contribution in [1.29, 1.82) is 0 Å². The zero-order valence-corrected chi connectivity index (χ0v) is 11.4. The molecule has 0 aliphatic carbocycles. The molecule has 4 heteroatoms. The first-order valence-electron chi connectivity index (χ1n) is 6.62. The van der Waals surface area contributed by atoms with Crippen LogP contribution in [0.15, 0.2) is 60.7 Å². The van der Waals surface area contributed by atoms with E-state index in [1.54, 1.807) is 36.4 Å². The van der Waals surface area contributed by atoms with E-state index < -0.39 is 17.9 Å². The van der Waals surface area contributed by atoms with Crippen molar-refractivity contribution in [3.8, 4) is 0 Å². The molecule has 0 saturated heterocycles. The van der Waals surface area contributed by atoms with Gasteiger partial charge in [0.1, 0.15) is 12.5 Å². The molecule has 4 nitrogen and oxygen atoms in total. The van der Waals surface area contributed by atoms with E-state index in [9.17, 15) is 14.7 Å². The lowest BCUT2D eigenvalue weighted by Crippen LogP contribution is -2.38. The Bertz CT molecular complexity index is 593. The van der Waals surface area contributed by atoms with Gasteiger partial charge in [-0.2, -0.15) is 0 Å². The molecule has 0 N–H and O–H groups in total. The van der Waals surface area contributed by atoms with Crippen LogP contribution in [0.4, 0.5) is 0 Å². The zero-order valence-electron chi connectivity index (χ0n) is 11.4. The zero-order chi connectivity index (χ0) is 15.1. The highest BCUT2D eigenvalue weighted by Gasteiger charge is 2.22. The van der Waals surface area contributed by atoms with Crippen LogP contribution in [0.2, 0.25) is 0 Å². The lowest BCUT2D eigenvalue weighted by atomic mass is 10.00. The Labute approximate surface area is 123 Å². The standard InChI is InChI=1S/C17H16O4/c18-16(19)15(11-13-7-3-1-4-8-13)17(20)21-12-14-9-5-2-6-10-14/h1-10,15H,11-12H2,(H,18,19)/p-1. The Kier molecular flexibility index (Phi) is 5.10. The molecule has 0 bridgehead atoms. The molecule has 21 heavy (non-hydrogen) atoms. The van der Waals surface area contributed by atoms with Crippen LogP contribution in [0.3, 0.4) is 0 Å². The van der Waals surface area contributed by atoms with Crippen LogP contribution >= 0.6 is 0 Å². The molecule has 1 atom stereocenters. The lowest BCUT2D eigenvalue weighted by molar-refractivity contribution is -0.310. The molecule has 2 aromatic rings. The maximum absolute atomic E-state index is 11.9. The van der Waals surface area contributed by atoms with Crippen LogP contribution in [-0.2, 0) is 27.4 Å². The van der Waals surface area contributed by atoms with Gasteiger partial charge in [-0.1, -0.05) is 60.7 Å². The first-order valence-corrected chi connectivity index (χ1v) is 6.62. The Balaban J connectivity index is 1.98. The van der Waals surface area contributed by atoms with Gasteiger partial charge in [-0.15, -0.1) is 0 Å². The van der Waals surface area contributed by atoms with Gasteiger partial charge in [-0.3, -0.25) is 4.79 Å². The van der Waals surface area contributed by atoms with Gasteiger partial charge in [-0.25, -0.2) is 0 Å². The quantitative estimate of drug-likeness (QED) is 0.592. The summed E-state index contributed by atoms with van der Waals surface area (Å²) < 4.78 is 5.06. The number of hydrogen-bond donors (Lipinski definition) is 0. The van der Waals surface area contributed by atoms with Crippen molar-refractivity contribution in [1.82, 2.24) is 0 Å². The molecule has 2 aromatic carbocycles. The second kappa shape index (κ2) is 7.24. The summed E-state index contributed by atoms with van der Waals surface area (Å²) in [6.07, 6.45) is 0.0663. The minimum absolute atomic E-state index is 0.0538. The molecule has 0 heterocycles. The summed E-state index contributed by atoms with van der Waals surface area (Å²) in [4.78, 5) is 23.1. The summed E-state index contributed by atoms with van der Waals surface area (Å²) >= 11 is 0. The van der Waals surface area contributed by atoms with E-state index in [1.807, 2.05) is 24.3 Å². The Morgan fingerprint density at radius 3 is 1.95 bits per heavy atom. The largest absolute Gasteiger partial charge is 0.549 e. The highest BCUT2D eigenvalue weighted by molar-refractivity contribution is 5.93. The van der Waals surface area contributed by atoms with E-state index in [4.69, 9.17) is 4.74 Å². The highest BCUT2D eigenvalue weighted by atomic mass is 16.5.